The minimum Gasteiger partial charge on any atom is -0.358 e. The molecular formula is C11H11N3O2S. The molecule has 1 heterocycles. The summed E-state index contributed by atoms with van der Waals surface area (Å²) in [4.78, 5) is 15.7. The van der Waals surface area contributed by atoms with Gasteiger partial charge >= 0.3 is 5.82 Å². The summed E-state index contributed by atoms with van der Waals surface area (Å²) in [5.41, 5.74) is 0. The molecule has 6 heteroatoms. The molecule has 0 atom stereocenters. The van der Waals surface area contributed by atoms with E-state index in [0.717, 1.165) is 4.90 Å². The molecule has 0 amide bonds. The highest BCUT2D eigenvalue weighted by Crippen LogP contribution is 2.33. The number of nitrogens with zero attached hydrogens (tertiary/aromatic N) is 3. The van der Waals surface area contributed by atoms with Crippen molar-refractivity contribution in [3.63, 3.8) is 0 Å². The zero-order valence-corrected chi connectivity index (χ0v) is 10.3. The molecule has 17 heavy (non-hydrogen) atoms. The number of nitro groups is 1. The molecule has 0 bridgehead atoms. The van der Waals surface area contributed by atoms with Crippen LogP contribution in [-0.2, 0) is 7.05 Å². The summed E-state index contributed by atoms with van der Waals surface area (Å²) in [6, 6.07) is 9.49. The fraction of sp³-hybridized carbons (Fsp3) is 0.182. The van der Waals surface area contributed by atoms with E-state index in [4.69, 9.17) is 0 Å². The van der Waals surface area contributed by atoms with E-state index in [1.54, 1.807) is 14.0 Å². The first-order valence-corrected chi connectivity index (χ1v) is 5.82. The molecule has 2 rings (SSSR count). The number of hydrogen-bond acceptors (Lipinski definition) is 4. The molecule has 0 aliphatic heterocycles. The fourth-order valence-electron chi connectivity index (χ4n) is 1.44. The van der Waals surface area contributed by atoms with E-state index in [-0.39, 0.29) is 5.82 Å². The SMILES string of the molecule is Cc1nc(Sc2ccccc2)c([N+](=O)[O-])n1C. The van der Waals surface area contributed by atoms with Crippen LogP contribution in [0.3, 0.4) is 0 Å². The average Bonchev–Trinajstić information content (AvgIpc) is 2.56. The summed E-state index contributed by atoms with van der Waals surface area (Å²) in [6.07, 6.45) is 0. The van der Waals surface area contributed by atoms with Crippen LogP contribution in [0.15, 0.2) is 40.3 Å². The van der Waals surface area contributed by atoms with Gasteiger partial charge in [0, 0.05) is 11.8 Å². The van der Waals surface area contributed by atoms with Gasteiger partial charge in [0.1, 0.15) is 0 Å². The molecule has 5 nitrogen and oxygen atoms in total. The van der Waals surface area contributed by atoms with Gasteiger partial charge in [-0.3, -0.25) is 0 Å². The second kappa shape index (κ2) is 4.58. The lowest BCUT2D eigenvalue weighted by molar-refractivity contribution is -0.394. The maximum atomic E-state index is 11.0. The quantitative estimate of drug-likeness (QED) is 0.620. The summed E-state index contributed by atoms with van der Waals surface area (Å²) in [5, 5.41) is 11.4. The lowest BCUT2D eigenvalue weighted by Gasteiger charge is -1.99. The van der Waals surface area contributed by atoms with Crippen LogP contribution < -0.4 is 0 Å². The Balaban J connectivity index is 2.40. The average molecular weight is 249 g/mol. The molecule has 1 aromatic carbocycles. The predicted molar refractivity (Wildman–Crippen MR) is 65.2 cm³/mol. The van der Waals surface area contributed by atoms with Crippen molar-refractivity contribution in [3.8, 4) is 0 Å². The van der Waals surface area contributed by atoms with Gasteiger partial charge in [-0.1, -0.05) is 30.0 Å². The minimum atomic E-state index is -0.398. The fourth-order valence-corrected chi connectivity index (χ4v) is 2.43. The van der Waals surface area contributed by atoms with Gasteiger partial charge in [-0.15, -0.1) is 0 Å². The molecule has 0 fully saturated rings. The van der Waals surface area contributed by atoms with E-state index in [1.807, 2.05) is 30.3 Å². The lowest BCUT2D eigenvalue weighted by Crippen LogP contribution is -1.99. The van der Waals surface area contributed by atoms with Gasteiger partial charge in [-0.2, -0.15) is 4.98 Å². The first-order chi connectivity index (χ1) is 8.09. The molecule has 0 N–H and O–H groups in total. The zero-order valence-electron chi connectivity index (χ0n) is 9.45. The third kappa shape index (κ3) is 2.31. The van der Waals surface area contributed by atoms with Crippen LogP contribution in [-0.4, -0.2) is 14.5 Å². The Labute approximate surface area is 103 Å². The molecular weight excluding hydrogens is 238 g/mol. The van der Waals surface area contributed by atoms with Crippen LogP contribution in [0.25, 0.3) is 0 Å². The Morgan fingerprint density at radius 2 is 2.00 bits per heavy atom. The van der Waals surface area contributed by atoms with E-state index in [0.29, 0.717) is 10.9 Å². The lowest BCUT2D eigenvalue weighted by atomic mass is 10.4. The van der Waals surface area contributed by atoms with E-state index >= 15 is 0 Å². The topological polar surface area (TPSA) is 61.0 Å². The molecule has 0 radical (unpaired) electrons. The Kier molecular flexibility index (Phi) is 3.14. The van der Waals surface area contributed by atoms with Crippen molar-refractivity contribution < 1.29 is 4.92 Å². The third-order valence-electron chi connectivity index (χ3n) is 2.39. The van der Waals surface area contributed by atoms with Gasteiger partial charge in [0.25, 0.3) is 0 Å². The summed E-state index contributed by atoms with van der Waals surface area (Å²) in [5.74, 6) is 0.673. The van der Waals surface area contributed by atoms with Crippen LogP contribution in [0, 0.1) is 17.0 Å². The summed E-state index contributed by atoms with van der Waals surface area (Å²) < 4.78 is 1.49. The van der Waals surface area contributed by atoms with Crippen LogP contribution in [0.5, 0.6) is 0 Å². The number of aromatic nitrogens is 2. The van der Waals surface area contributed by atoms with Crippen LogP contribution in [0.1, 0.15) is 5.82 Å². The smallest absolute Gasteiger partial charge is 0.357 e. The highest BCUT2D eigenvalue weighted by atomic mass is 32.2. The van der Waals surface area contributed by atoms with Crippen molar-refractivity contribution in [2.75, 3.05) is 0 Å². The summed E-state index contributed by atoms with van der Waals surface area (Å²) in [6.45, 7) is 1.75. The zero-order chi connectivity index (χ0) is 12.4. The minimum absolute atomic E-state index is 0.0383. The van der Waals surface area contributed by atoms with Crippen molar-refractivity contribution >= 4 is 17.6 Å². The molecule has 0 spiro atoms. The van der Waals surface area contributed by atoms with Crippen LogP contribution >= 0.6 is 11.8 Å². The molecule has 2 aromatic rings. The van der Waals surface area contributed by atoms with Gasteiger partial charge in [0.15, 0.2) is 10.9 Å². The molecule has 1 aromatic heterocycles. The number of rotatable bonds is 3. The Bertz CT molecular complexity index is 551. The van der Waals surface area contributed by atoms with Gasteiger partial charge in [0.05, 0.1) is 7.05 Å². The van der Waals surface area contributed by atoms with E-state index in [1.165, 1.54) is 16.3 Å². The largest absolute Gasteiger partial charge is 0.358 e. The molecule has 0 unspecified atom stereocenters. The Hall–Kier alpha value is -1.82. The first kappa shape index (κ1) is 11.7. The van der Waals surface area contributed by atoms with Gasteiger partial charge < -0.3 is 10.1 Å². The van der Waals surface area contributed by atoms with Crippen molar-refractivity contribution in [1.29, 1.82) is 0 Å². The van der Waals surface area contributed by atoms with Crippen molar-refractivity contribution in [2.24, 2.45) is 7.05 Å². The normalized spacial score (nSPS) is 10.5. The molecule has 0 saturated carbocycles. The number of benzene rings is 1. The number of aryl methyl sites for hydroxylation is 1. The highest BCUT2D eigenvalue weighted by molar-refractivity contribution is 7.99. The van der Waals surface area contributed by atoms with Crippen LogP contribution in [0.2, 0.25) is 0 Å². The Morgan fingerprint density at radius 1 is 1.35 bits per heavy atom. The maximum Gasteiger partial charge on any atom is 0.357 e. The first-order valence-electron chi connectivity index (χ1n) is 5.00. The van der Waals surface area contributed by atoms with Gasteiger partial charge in [-0.25, -0.2) is 4.57 Å². The Morgan fingerprint density at radius 3 is 2.59 bits per heavy atom. The molecule has 88 valence electrons. The summed E-state index contributed by atoms with van der Waals surface area (Å²) >= 11 is 1.30. The van der Waals surface area contributed by atoms with Gasteiger partial charge in [-0.05, 0) is 17.1 Å². The van der Waals surface area contributed by atoms with Crippen LogP contribution in [0.4, 0.5) is 5.82 Å². The standard InChI is InChI=1S/C11H11N3O2S/c1-8-12-10(11(13(8)2)14(15)16)17-9-6-4-3-5-7-9/h3-7H,1-2H3. The second-order valence-corrected chi connectivity index (χ2v) is 4.58. The van der Waals surface area contributed by atoms with Crippen molar-refractivity contribution in [1.82, 2.24) is 9.55 Å². The van der Waals surface area contributed by atoms with Crippen molar-refractivity contribution in [2.45, 2.75) is 16.8 Å². The molecule has 0 aliphatic carbocycles. The molecule has 0 saturated heterocycles. The van der Waals surface area contributed by atoms with Gasteiger partial charge in [0.2, 0.25) is 0 Å². The highest BCUT2D eigenvalue weighted by Gasteiger charge is 2.23. The predicted octanol–water partition coefficient (Wildman–Crippen LogP) is 2.79. The number of imidazole rings is 1. The summed E-state index contributed by atoms with van der Waals surface area (Å²) in [7, 11) is 1.65. The monoisotopic (exact) mass is 249 g/mol. The second-order valence-electron chi connectivity index (χ2n) is 3.52. The van der Waals surface area contributed by atoms with E-state index in [2.05, 4.69) is 4.98 Å². The van der Waals surface area contributed by atoms with E-state index in [9.17, 15) is 10.1 Å². The van der Waals surface area contributed by atoms with E-state index < -0.39 is 4.92 Å². The maximum absolute atomic E-state index is 11.0. The molecule has 0 aliphatic rings. The van der Waals surface area contributed by atoms with Crippen molar-refractivity contribution in [3.05, 3.63) is 46.3 Å². The third-order valence-corrected chi connectivity index (χ3v) is 3.36. The number of hydrogen-bond donors (Lipinski definition) is 0.